The molecule has 1 amide bonds. The van der Waals surface area contributed by atoms with E-state index in [2.05, 4.69) is 24.4 Å². The predicted octanol–water partition coefficient (Wildman–Crippen LogP) is 1.40. The van der Waals surface area contributed by atoms with E-state index in [1.807, 2.05) is 4.90 Å². The third kappa shape index (κ3) is 13.6. The third-order valence-electron chi connectivity index (χ3n) is 3.20. The highest BCUT2D eigenvalue weighted by atomic mass is 16.4. The van der Waals surface area contributed by atoms with Crippen LogP contribution in [0.25, 0.3) is 0 Å². The number of carbonyl (C=O) groups excluding carboxylic acids is 1. The molecule has 0 saturated carbocycles. The number of amides is 1. The number of hydrogen-bond acceptors (Lipinski definition) is 4. The third-order valence-corrected chi connectivity index (χ3v) is 3.20. The number of allylic oxidation sites excluding steroid dienone is 2. The molecule has 0 aliphatic carbocycles. The first kappa shape index (κ1) is 20.6. The van der Waals surface area contributed by atoms with Gasteiger partial charge in [0.1, 0.15) is 0 Å². The van der Waals surface area contributed by atoms with Crippen LogP contribution in [0.15, 0.2) is 12.2 Å². The molecule has 0 rings (SSSR count). The molecule has 6 nitrogen and oxygen atoms in total. The van der Waals surface area contributed by atoms with Gasteiger partial charge in [0, 0.05) is 39.2 Å². The van der Waals surface area contributed by atoms with E-state index in [-0.39, 0.29) is 18.9 Å². The molecule has 128 valence electrons. The Morgan fingerprint density at radius 2 is 1.86 bits per heavy atom. The molecule has 0 heterocycles. The number of nitrogens with one attached hydrogen (secondary N) is 1. The molecule has 0 fully saturated rings. The van der Waals surface area contributed by atoms with Crippen molar-refractivity contribution >= 4 is 11.9 Å². The summed E-state index contributed by atoms with van der Waals surface area (Å²) in [5.74, 6) is -0.802. The van der Waals surface area contributed by atoms with Crippen LogP contribution in [0.1, 0.15) is 45.4 Å². The second kappa shape index (κ2) is 14.5. The molecule has 0 bridgehead atoms. The summed E-state index contributed by atoms with van der Waals surface area (Å²) < 4.78 is 0. The number of rotatable bonds is 14. The Bertz CT molecular complexity index is 332. The van der Waals surface area contributed by atoms with E-state index < -0.39 is 5.97 Å². The second-order valence-corrected chi connectivity index (χ2v) is 5.18. The summed E-state index contributed by atoms with van der Waals surface area (Å²) in [6.45, 7) is 4.36. The molecule has 0 aromatic heterocycles. The maximum atomic E-state index is 11.6. The summed E-state index contributed by atoms with van der Waals surface area (Å²) >= 11 is 0. The van der Waals surface area contributed by atoms with Crippen LogP contribution in [0.5, 0.6) is 0 Å². The summed E-state index contributed by atoms with van der Waals surface area (Å²) in [6.07, 6.45) is 8.17. The number of carbonyl (C=O) groups is 2. The van der Waals surface area contributed by atoms with E-state index >= 15 is 0 Å². The Morgan fingerprint density at radius 1 is 1.09 bits per heavy atom. The first-order valence-electron chi connectivity index (χ1n) is 8.06. The van der Waals surface area contributed by atoms with Gasteiger partial charge < -0.3 is 20.4 Å². The molecule has 6 heteroatoms. The van der Waals surface area contributed by atoms with Crippen molar-refractivity contribution in [2.24, 2.45) is 0 Å². The number of nitrogens with zero attached hydrogens (tertiary/aromatic N) is 1. The normalized spacial score (nSPS) is 11.2. The molecule has 0 atom stereocenters. The van der Waals surface area contributed by atoms with E-state index in [0.29, 0.717) is 39.0 Å². The summed E-state index contributed by atoms with van der Waals surface area (Å²) in [4.78, 5) is 24.2. The lowest BCUT2D eigenvalue weighted by atomic mass is 10.2. The van der Waals surface area contributed by atoms with E-state index in [1.54, 1.807) is 0 Å². The van der Waals surface area contributed by atoms with Crippen LogP contribution in [0.2, 0.25) is 0 Å². The van der Waals surface area contributed by atoms with Crippen molar-refractivity contribution in [1.29, 1.82) is 0 Å². The first-order valence-corrected chi connectivity index (χ1v) is 8.06. The van der Waals surface area contributed by atoms with Crippen molar-refractivity contribution in [2.75, 3.05) is 32.8 Å². The molecule has 0 aliphatic rings. The van der Waals surface area contributed by atoms with Gasteiger partial charge in [0.05, 0.1) is 6.42 Å². The van der Waals surface area contributed by atoms with Crippen molar-refractivity contribution in [2.45, 2.75) is 45.4 Å². The molecule has 0 unspecified atom stereocenters. The van der Waals surface area contributed by atoms with Crippen LogP contribution in [-0.2, 0) is 9.59 Å². The molecule has 0 saturated heterocycles. The molecular weight excluding hydrogens is 284 g/mol. The smallest absolute Gasteiger partial charge is 0.304 e. The highest BCUT2D eigenvalue weighted by Crippen LogP contribution is 1.98. The molecule has 0 aliphatic heterocycles. The summed E-state index contributed by atoms with van der Waals surface area (Å²) in [7, 11) is 0. The van der Waals surface area contributed by atoms with Gasteiger partial charge in [0.2, 0.25) is 5.91 Å². The van der Waals surface area contributed by atoms with E-state index in [9.17, 15) is 9.59 Å². The minimum Gasteiger partial charge on any atom is -0.481 e. The van der Waals surface area contributed by atoms with Gasteiger partial charge >= 0.3 is 5.97 Å². The van der Waals surface area contributed by atoms with Crippen molar-refractivity contribution in [3.05, 3.63) is 12.2 Å². The first-order chi connectivity index (χ1) is 10.6. The van der Waals surface area contributed by atoms with Gasteiger partial charge in [-0.3, -0.25) is 9.59 Å². The zero-order valence-corrected chi connectivity index (χ0v) is 13.6. The summed E-state index contributed by atoms with van der Waals surface area (Å²) in [5, 5.41) is 20.4. The largest absolute Gasteiger partial charge is 0.481 e. The highest BCUT2D eigenvalue weighted by molar-refractivity contribution is 5.75. The molecule has 0 aromatic rings. The highest BCUT2D eigenvalue weighted by Gasteiger charge is 2.08. The lowest BCUT2D eigenvalue weighted by Gasteiger charge is -2.21. The van der Waals surface area contributed by atoms with E-state index in [1.165, 1.54) is 0 Å². The fourth-order valence-electron chi connectivity index (χ4n) is 1.99. The predicted molar refractivity (Wildman–Crippen MR) is 86.7 cm³/mol. The maximum Gasteiger partial charge on any atom is 0.304 e. The Morgan fingerprint density at radius 3 is 2.50 bits per heavy atom. The molecule has 0 aromatic carbocycles. The quantitative estimate of drug-likeness (QED) is 0.333. The average Bonchev–Trinajstić information content (AvgIpc) is 2.49. The SMILES string of the molecule is CC/C=C/CCCC(=O)NCCN(CCCO)CCC(=O)O. The van der Waals surface area contributed by atoms with Gasteiger partial charge in [-0.15, -0.1) is 0 Å². The number of unbranched alkanes of at least 4 members (excludes halogenated alkanes) is 1. The van der Waals surface area contributed by atoms with Gasteiger partial charge in [-0.2, -0.15) is 0 Å². The van der Waals surface area contributed by atoms with Gasteiger partial charge in [-0.25, -0.2) is 0 Å². The summed E-state index contributed by atoms with van der Waals surface area (Å²) in [5.41, 5.74) is 0. The number of hydrogen-bond donors (Lipinski definition) is 3. The monoisotopic (exact) mass is 314 g/mol. The number of carboxylic acid groups (broad SMARTS) is 1. The van der Waals surface area contributed by atoms with Gasteiger partial charge in [0.25, 0.3) is 0 Å². The minimum absolute atomic E-state index is 0.0326. The fourth-order valence-corrected chi connectivity index (χ4v) is 1.99. The molecular formula is C16H30N2O4. The maximum absolute atomic E-state index is 11.6. The van der Waals surface area contributed by atoms with Gasteiger partial charge in [0.15, 0.2) is 0 Å². The van der Waals surface area contributed by atoms with Crippen LogP contribution in [0.3, 0.4) is 0 Å². The Labute approximate surface area is 133 Å². The topological polar surface area (TPSA) is 89.9 Å². The van der Waals surface area contributed by atoms with Crippen LogP contribution in [0, 0.1) is 0 Å². The van der Waals surface area contributed by atoms with Crippen molar-refractivity contribution < 1.29 is 19.8 Å². The lowest BCUT2D eigenvalue weighted by Crippen LogP contribution is -2.36. The number of aliphatic hydroxyl groups is 1. The lowest BCUT2D eigenvalue weighted by molar-refractivity contribution is -0.137. The van der Waals surface area contributed by atoms with Crippen molar-refractivity contribution in [3.63, 3.8) is 0 Å². The zero-order valence-electron chi connectivity index (χ0n) is 13.6. The molecule has 0 radical (unpaired) electrons. The van der Waals surface area contributed by atoms with Crippen LogP contribution in [-0.4, -0.2) is 59.8 Å². The molecule has 22 heavy (non-hydrogen) atoms. The number of aliphatic carboxylic acids is 1. The second-order valence-electron chi connectivity index (χ2n) is 5.18. The Kier molecular flexibility index (Phi) is 13.6. The Hall–Kier alpha value is -1.40. The average molecular weight is 314 g/mol. The molecule has 0 spiro atoms. The van der Waals surface area contributed by atoms with Gasteiger partial charge in [-0.1, -0.05) is 19.1 Å². The van der Waals surface area contributed by atoms with E-state index in [0.717, 1.165) is 19.3 Å². The standard InChI is InChI=1S/C16H30N2O4/c1-2-3-4-5-6-8-15(20)17-10-13-18(11-7-14-19)12-9-16(21)22/h3-4,19H,2,5-14H2,1H3,(H,17,20)(H,21,22)/b4-3+. The van der Waals surface area contributed by atoms with E-state index in [4.69, 9.17) is 10.2 Å². The van der Waals surface area contributed by atoms with Crippen LogP contribution < -0.4 is 5.32 Å². The fraction of sp³-hybridized carbons (Fsp3) is 0.750. The number of carboxylic acids is 1. The zero-order chi connectivity index (χ0) is 16.6. The van der Waals surface area contributed by atoms with Crippen molar-refractivity contribution in [3.8, 4) is 0 Å². The summed E-state index contributed by atoms with van der Waals surface area (Å²) in [6, 6.07) is 0. The van der Waals surface area contributed by atoms with Gasteiger partial charge in [-0.05, 0) is 25.7 Å². The van der Waals surface area contributed by atoms with Crippen LogP contribution in [0.4, 0.5) is 0 Å². The molecule has 3 N–H and O–H groups in total. The minimum atomic E-state index is -0.835. The van der Waals surface area contributed by atoms with Crippen molar-refractivity contribution in [1.82, 2.24) is 10.2 Å². The van der Waals surface area contributed by atoms with Crippen LogP contribution >= 0.6 is 0 Å². The number of aliphatic hydroxyl groups excluding tert-OH is 1. The Balaban J connectivity index is 3.81.